The summed E-state index contributed by atoms with van der Waals surface area (Å²) < 4.78 is 20.8. The van der Waals surface area contributed by atoms with E-state index in [-0.39, 0.29) is 0 Å². The Hall–Kier alpha value is -5.48. The van der Waals surface area contributed by atoms with E-state index in [0.717, 1.165) is 50.0 Å². The fourth-order valence-electron chi connectivity index (χ4n) is 5.51. The van der Waals surface area contributed by atoms with Crippen molar-refractivity contribution >= 4 is 43.7 Å². The lowest BCUT2D eigenvalue weighted by molar-refractivity contribution is 0.461. The molecule has 2 heterocycles. The van der Waals surface area contributed by atoms with Crippen LogP contribution in [0.4, 0.5) is 0 Å². The quantitative estimate of drug-likeness (QED) is 0.228. The maximum Gasteiger partial charge on any atom is 0.135 e. The Labute approximate surface area is 230 Å². The second-order valence-corrected chi connectivity index (χ2v) is 9.80. The van der Waals surface area contributed by atoms with Crippen LogP contribution >= 0.6 is 0 Å². The number of nitrogens with zero attached hydrogens (tertiary/aromatic N) is 1. The van der Waals surface area contributed by atoms with Crippen LogP contribution in [0.1, 0.15) is 0 Å². The molecule has 8 aromatic rings. The summed E-state index contributed by atoms with van der Waals surface area (Å²) in [5, 5.41) is 4.43. The number of benzene rings is 6. The van der Waals surface area contributed by atoms with E-state index in [0.29, 0.717) is 11.5 Å². The van der Waals surface area contributed by atoms with Gasteiger partial charge in [-0.1, -0.05) is 60.7 Å². The zero-order valence-electron chi connectivity index (χ0n) is 21.5. The molecule has 0 spiro atoms. The molecule has 190 valence electrons. The molecular formula is C36H23NO3. The molecule has 0 saturated heterocycles. The first-order valence-corrected chi connectivity index (χ1v) is 13.3. The van der Waals surface area contributed by atoms with Crippen molar-refractivity contribution in [1.82, 2.24) is 4.57 Å². The van der Waals surface area contributed by atoms with Gasteiger partial charge >= 0.3 is 0 Å². The first-order valence-electron chi connectivity index (χ1n) is 13.3. The molecule has 0 atom stereocenters. The van der Waals surface area contributed by atoms with E-state index in [1.807, 2.05) is 72.8 Å². The predicted octanol–water partition coefficient (Wildman–Crippen LogP) is 10.3. The molecule has 0 bridgehead atoms. The highest BCUT2D eigenvalue weighted by Gasteiger charge is 2.13. The molecule has 40 heavy (non-hydrogen) atoms. The normalized spacial score (nSPS) is 11.5. The molecule has 0 aliphatic rings. The molecule has 8 rings (SSSR count). The third-order valence-corrected chi connectivity index (χ3v) is 7.28. The summed E-state index contributed by atoms with van der Waals surface area (Å²) in [5.74, 6) is 2.92. The number of para-hydroxylation sites is 3. The zero-order chi connectivity index (χ0) is 26.5. The minimum absolute atomic E-state index is 0.700. The Morgan fingerprint density at radius 3 is 1.82 bits per heavy atom. The molecule has 0 saturated carbocycles. The second-order valence-electron chi connectivity index (χ2n) is 9.80. The van der Waals surface area contributed by atoms with Gasteiger partial charge in [-0.25, -0.2) is 0 Å². The summed E-state index contributed by atoms with van der Waals surface area (Å²) >= 11 is 0. The number of hydrogen-bond donors (Lipinski definition) is 0. The molecule has 6 aromatic carbocycles. The molecule has 0 N–H and O–H groups in total. The summed E-state index contributed by atoms with van der Waals surface area (Å²) in [6.45, 7) is 0. The van der Waals surface area contributed by atoms with Crippen molar-refractivity contribution < 1.29 is 13.9 Å². The van der Waals surface area contributed by atoms with Crippen molar-refractivity contribution in [3.8, 4) is 28.7 Å². The number of rotatable bonds is 5. The summed E-state index contributed by atoms with van der Waals surface area (Å²) in [6.07, 6.45) is 0. The van der Waals surface area contributed by atoms with Crippen LogP contribution in [0.2, 0.25) is 0 Å². The smallest absolute Gasteiger partial charge is 0.135 e. The highest BCUT2D eigenvalue weighted by molar-refractivity contribution is 6.09. The van der Waals surface area contributed by atoms with E-state index in [1.54, 1.807) is 0 Å². The van der Waals surface area contributed by atoms with Crippen molar-refractivity contribution in [3.63, 3.8) is 0 Å². The molecule has 0 unspecified atom stereocenters. The van der Waals surface area contributed by atoms with Gasteiger partial charge in [0.15, 0.2) is 0 Å². The minimum atomic E-state index is 0.700. The highest BCUT2D eigenvalue weighted by Crippen LogP contribution is 2.37. The summed E-state index contributed by atoms with van der Waals surface area (Å²) in [4.78, 5) is 0. The lowest BCUT2D eigenvalue weighted by Crippen LogP contribution is -1.93. The fourth-order valence-corrected chi connectivity index (χ4v) is 5.51. The Bertz CT molecular complexity index is 2170. The summed E-state index contributed by atoms with van der Waals surface area (Å²) in [6, 6.07) is 46.8. The number of hydrogen-bond acceptors (Lipinski definition) is 3. The lowest BCUT2D eigenvalue weighted by Gasteiger charge is -2.10. The van der Waals surface area contributed by atoms with Gasteiger partial charge in [0.05, 0.1) is 11.0 Å². The SMILES string of the molecule is c1ccc(-n2c3ccccc3c3cc(Oc4cccc(Oc5ccc6oc7ccccc7c6c5)c4)ccc32)cc1. The van der Waals surface area contributed by atoms with Gasteiger partial charge in [-0.2, -0.15) is 0 Å². The van der Waals surface area contributed by atoms with Crippen LogP contribution in [-0.4, -0.2) is 4.57 Å². The molecule has 4 nitrogen and oxygen atoms in total. The summed E-state index contributed by atoms with van der Waals surface area (Å²) in [5.41, 5.74) is 5.15. The van der Waals surface area contributed by atoms with Crippen molar-refractivity contribution in [2.75, 3.05) is 0 Å². The molecule has 2 aromatic heterocycles. The van der Waals surface area contributed by atoms with Crippen LogP contribution in [0.5, 0.6) is 23.0 Å². The highest BCUT2D eigenvalue weighted by atomic mass is 16.5. The van der Waals surface area contributed by atoms with Gasteiger partial charge < -0.3 is 18.5 Å². The first-order chi connectivity index (χ1) is 19.8. The predicted molar refractivity (Wildman–Crippen MR) is 161 cm³/mol. The van der Waals surface area contributed by atoms with Gasteiger partial charge in [0.2, 0.25) is 0 Å². The first kappa shape index (κ1) is 22.5. The van der Waals surface area contributed by atoms with E-state index >= 15 is 0 Å². The van der Waals surface area contributed by atoms with E-state index in [2.05, 4.69) is 71.3 Å². The van der Waals surface area contributed by atoms with E-state index in [9.17, 15) is 0 Å². The fraction of sp³-hybridized carbons (Fsp3) is 0. The van der Waals surface area contributed by atoms with Crippen LogP contribution < -0.4 is 9.47 Å². The van der Waals surface area contributed by atoms with Crippen LogP contribution in [0.15, 0.2) is 144 Å². The molecule has 0 aliphatic heterocycles. The van der Waals surface area contributed by atoms with Gasteiger partial charge in [0.25, 0.3) is 0 Å². The summed E-state index contributed by atoms with van der Waals surface area (Å²) in [7, 11) is 0. The van der Waals surface area contributed by atoms with E-state index in [4.69, 9.17) is 13.9 Å². The Kier molecular flexibility index (Phi) is 5.10. The van der Waals surface area contributed by atoms with Gasteiger partial charge in [-0.05, 0) is 72.8 Å². The largest absolute Gasteiger partial charge is 0.457 e. The molecule has 4 heteroatoms. The standard InChI is InChI=1S/C36H23NO3/c1-2-9-24(10-3-1)37-33-15-6-4-13-29(33)31-22-27(17-19-34(31)37)38-25-11-8-12-26(21-25)39-28-18-20-36-32(23-28)30-14-5-7-16-35(30)40-36/h1-23H. The second kappa shape index (κ2) is 9.07. The van der Waals surface area contributed by atoms with Crippen LogP contribution in [0.25, 0.3) is 49.4 Å². The van der Waals surface area contributed by atoms with Gasteiger partial charge in [-0.3, -0.25) is 0 Å². The van der Waals surface area contributed by atoms with Crippen LogP contribution in [0, 0.1) is 0 Å². The maximum absolute atomic E-state index is 6.34. The third-order valence-electron chi connectivity index (χ3n) is 7.28. The maximum atomic E-state index is 6.34. The van der Waals surface area contributed by atoms with Gasteiger partial charge in [0.1, 0.15) is 34.2 Å². The van der Waals surface area contributed by atoms with Crippen molar-refractivity contribution in [2.45, 2.75) is 0 Å². The van der Waals surface area contributed by atoms with Gasteiger partial charge in [-0.15, -0.1) is 0 Å². The monoisotopic (exact) mass is 517 g/mol. The minimum Gasteiger partial charge on any atom is -0.457 e. The molecule has 0 radical (unpaired) electrons. The number of fused-ring (bicyclic) bond motifs is 6. The Morgan fingerprint density at radius 2 is 1.00 bits per heavy atom. The Morgan fingerprint density at radius 1 is 0.400 bits per heavy atom. The van der Waals surface area contributed by atoms with Crippen molar-refractivity contribution in [3.05, 3.63) is 140 Å². The number of furan rings is 1. The molecule has 0 aliphatic carbocycles. The average molecular weight is 518 g/mol. The molecule has 0 amide bonds. The van der Waals surface area contributed by atoms with E-state index in [1.165, 1.54) is 10.9 Å². The number of aromatic nitrogens is 1. The van der Waals surface area contributed by atoms with Crippen molar-refractivity contribution in [2.24, 2.45) is 0 Å². The van der Waals surface area contributed by atoms with Crippen LogP contribution in [0.3, 0.4) is 0 Å². The van der Waals surface area contributed by atoms with E-state index < -0.39 is 0 Å². The Balaban J connectivity index is 1.12. The number of ether oxygens (including phenoxy) is 2. The third kappa shape index (κ3) is 3.77. The van der Waals surface area contributed by atoms with Crippen molar-refractivity contribution in [1.29, 1.82) is 0 Å². The average Bonchev–Trinajstić information content (AvgIpc) is 3.53. The lowest BCUT2D eigenvalue weighted by atomic mass is 10.1. The zero-order valence-corrected chi connectivity index (χ0v) is 21.5. The molecule has 0 fully saturated rings. The van der Waals surface area contributed by atoms with Gasteiger partial charge in [0, 0.05) is 33.3 Å². The topological polar surface area (TPSA) is 36.5 Å². The van der Waals surface area contributed by atoms with Crippen LogP contribution in [-0.2, 0) is 0 Å². The molecular weight excluding hydrogens is 494 g/mol.